The summed E-state index contributed by atoms with van der Waals surface area (Å²) in [7, 11) is 0. The molecule has 7 rings (SSSR count). The van der Waals surface area contributed by atoms with Crippen LogP contribution in [-0.4, -0.2) is 81.2 Å². The molecule has 43 heavy (non-hydrogen) atoms. The van der Waals surface area contributed by atoms with Crippen molar-refractivity contribution in [3.05, 3.63) is 11.8 Å². The monoisotopic (exact) mass is 602 g/mol. The molecule has 0 radical (unpaired) electrons. The molecule has 236 valence electrons. The Kier molecular flexibility index (Phi) is 5.93. The van der Waals surface area contributed by atoms with Crippen LogP contribution in [0.5, 0.6) is 0 Å². The maximum atomic E-state index is 14.2. The predicted octanol–water partition coefficient (Wildman–Crippen LogP) is 1.30. The molecule has 0 aromatic carbocycles. The minimum Gasteiger partial charge on any atom is -0.462 e. The first-order valence-electron chi connectivity index (χ1n) is 15.5. The maximum Gasteiger partial charge on any atom is 0.343 e. The number of carbonyl (C=O) groups is 4. The summed E-state index contributed by atoms with van der Waals surface area (Å²) in [6, 6.07) is 0. The second-order valence-corrected chi connectivity index (χ2v) is 15.2. The summed E-state index contributed by atoms with van der Waals surface area (Å²) in [5, 5.41) is 35.9. The number of aliphatic hydroxyl groups excluding tert-OH is 2. The number of rotatable bonds is 2. The molecule has 7 aliphatic rings. The van der Waals surface area contributed by atoms with Crippen molar-refractivity contribution in [2.75, 3.05) is 0 Å². The second kappa shape index (κ2) is 8.68. The van der Waals surface area contributed by atoms with Crippen LogP contribution in [0.2, 0.25) is 0 Å². The van der Waals surface area contributed by atoms with Gasteiger partial charge in [-0.05, 0) is 50.5 Å². The lowest BCUT2D eigenvalue weighted by Gasteiger charge is -2.63. The van der Waals surface area contributed by atoms with Crippen molar-refractivity contribution in [3.8, 4) is 0 Å². The average Bonchev–Trinajstić information content (AvgIpc) is 3.59. The van der Waals surface area contributed by atoms with Crippen LogP contribution >= 0.6 is 0 Å². The van der Waals surface area contributed by atoms with Gasteiger partial charge in [-0.1, -0.05) is 20.8 Å². The number of allylic oxidation sites excluding steroid dienone is 1. The molecule has 11 heteroatoms. The van der Waals surface area contributed by atoms with Crippen LogP contribution < -0.4 is 0 Å². The van der Waals surface area contributed by atoms with Crippen LogP contribution in [0, 0.1) is 57.7 Å². The van der Waals surface area contributed by atoms with Crippen LogP contribution in [0.25, 0.3) is 0 Å². The number of hydrogen-bond donors (Lipinski definition) is 3. The largest absolute Gasteiger partial charge is 0.462 e. The molecular formula is C32H42O11. The molecule has 2 saturated heterocycles. The normalized spacial score (nSPS) is 57.5. The van der Waals surface area contributed by atoms with Gasteiger partial charge in [0.1, 0.15) is 30.2 Å². The number of fused-ring (bicyclic) bond motifs is 10. The number of hydrogen-bond acceptors (Lipinski definition) is 11. The quantitative estimate of drug-likeness (QED) is 0.237. The van der Waals surface area contributed by atoms with Crippen LogP contribution in [0.15, 0.2) is 11.8 Å². The van der Waals surface area contributed by atoms with Crippen molar-refractivity contribution in [2.24, 2.45) is 57.7 Å². The molecule has 0 aromatic rings. The Morgan fingerprint density at radius 2 is 1.60 bits per heavy atom. The van der Waals surface area contributed by atoms with Gasteiger partial charge in [-0.2, -0.15) is 0 Å². The molecule has 2 aliphatic heterocycles. The van der Waals surface area contributed by atoms with E-state index in [1.165, 1.54) is 20.8 Å². The van der Waals surface area contributed by atoms with E-state index in [4.69, 9.17) is 18.9 Å². The van der Waals surface area contributed by atoms with Crippen molar-refractivity contribution in [2.45, 2.75) is 104 Å². The van der Waals surface area contributed by atoms with Crippen molar-refractivity contribution >= 4 is 23.7 Å². The molecule has 17 atom stereocenters. The van der Waals surface area contributed by atoms with Gasteiger partial charge in [0.15, 0.2) is 11.4 Å². The summed E-state index contributed by atoms with van der Waals surface area (Å²) in [6.45, 7) is 11.5. The lowest BCUT2D eigenvalue weighted by molar-refractivity contribution is -0.230. The third kappa shape index (κ3) is 3.29. The van der Waals surface area contributed by atoms with Gasteiger partial charge >= 0.3 is 17.9 Å². The van der Waals surface area contributed by atoms with Crippen molar-refractivity contribution in [1.29, 1.82) is 0 Å². The van der Waals surface area contributed by atoms with Gasteiger partial charge in [0, 0.05) is 48.3 Å². The molecule has 0 spiro atoms. The highest BCUT2D eigenvalue weighted by Gasteiger charge is 2.81. The third-order valence-electron chi connectivity index (χ3n) is 13.5. The Morgan fingerprint density at radius 3 is 2.23 bits per heavy atom. The standard InChI is InChI=1S/C32H42O11/c1-11-8-18-31(6,32(7,39)28(38)43-18)22-20(11)30(5)17(35)10-14-19(21(30)26(22)40-12(2)33)24(37)23(36)15-9-16-25(42-16)27(29(14,15)4)41-13(3)34/h8,11,14-17,19-22,24-27,35,37,39H,9-10H2,1-7H3/t11-,14+,15-,16+,17+,19-,20+,21-,22+,24-,25+,26-,27+,29-,30-,31+,32-/m1/s1. The van der Waals surface area contributed by atoms with Crippen molar-refractivity contribution in [3.63, 3.8) is 0 Å². The lowest BCUT2D eigenvalue weighted by Crippen LogP contribution is -2.69. The van der Waals surface area contributed by atoms with E-state index in [-0.39, 0.29) is 30.3 Å². The van der Waals surface area contributed by atoms with Gasteiger partial charge in [-0.25, -0.2) is 4.79 Å². The molecule has 0 unspecified atom stereocenters. The highest BCUT2D eigenvalue weighted by atomic mass is 16.6. The number of ketones is 1. The first-order valence-corrected chi connectivity index (χ1v) is 15.5. The first-order chi connectivity index (χ1) is 19.9. The number of aliphatic hydroxyl groups is 3. The number of carbonyl (C=O) groups excluding carboxylic acids is 4. The molecule has 6 fully saturated rings. The molecule has 2 heterocycles. The predicted molar refractivity (Wildman–Crippen MR) is 145 cm³/mol. The topological polar surface area (TPSA) is 169 Å². The summed E-state index contributed by atoms with van der Waals surface area (Å²) in [4.78, 5) is 52.3. The minimum absolute atomic E-state index is 0.214. The molecule has 0 amide bonds. The fraction of sp³-hybridized carbons (Fsp3) is 0.812. The first kappa shape index (κ1) is 29.4. The van der Waals surface area contributed by atoms with E-state index in [9.17, 15) is 34.5 Å². The van der Waals surface area contributed by atoms with Crippen molar-refractivity contribution < 1.29 is 53.4 Å². The van der Waals surface area contributed by atoms with E-state index in [2.05, 4.69) is 0 Å². The van der Waals surface area contributed by atoms with Crippen LogP contribution in [-0.2, 0) is 38.1 Å². The highest BCUT2D eigenvalue weighted by molar-refractivity contribution is 5.88. The molecule has 0 bridgehead atoms. The van der Waals surface area contributed by atoms with Gasteiger partial charge in [-0.15, -0.1) is 0 Å². The molecule has 11 nitrogen and oxygen atoms in total. The summed E-state index contributed by atoms with van der Waals surface area (Å²) < 4.78 is 23.5. The fourth-order valence-corrected chi connectivity index (χ4v) is 11.5. The van der Waals surface area contributed by atoms with E-state index in [0.717, 1.165) is 0 Å². The number of esters is 3. The molecule has 5 aliphatic carbocycles. The SMILES string of the molecule is CC(=O)O[C@@H]1[C@H]2[C@@H]3[C@@H](O)C(=O)[C@H]4C[C@@H]5O[C@@H]5[C@H](OC(C)=O)[C@]4(C)[C@H]3C[C@H](O)[C@]2(C)[C@@H]2[C@@H]1[C@]1(C)C(=C[C@H]2C)OC(=O)[C@@]1(C)O. The van der Waals surface area contributed by atoms with Gasteiger partial charge in [0.05, 0.1) is 17.6 Å². The number of epoxide rings is 1. The summed E-state index contributed by atoms with van der Waals surface area (Å²) in [6.07, 6.45) is -2.33. The van der Waals surface area contributed by atoms with E-state index >= 15 is 0 Å². The van der Waals surface area contributed by atoms with Crippen LogP contribution in [0.1, 0.15) is 61.3 Å². The van der Waals surface area contributed by atoms with E-state index in [1.807, 2.05) is 26.8 Å². The fourth-order valence-electron chi connectivity index (χ4n) is 11.5. The zero-order valence-corrected chi connectivity index (χ0v) is 25.6. The lowest BCUT2D eigenvalue weighted by atomic mass is 9.42. The van der Waals surface area contributed by atoms with Crippen LogP contribution in [0.3, 0.4) is 0 Å². The van der Waals surface area contributed by atoms with E-state index < -0.39 is 99.7 Å². The zero-order valence-electron chi connectivity index (χ0n) is 25.6. The molecule has 3 N–H and O–H groups in total. The Bertz CT molecular complexity index is 1350. The van der Waals surface area contributed by atoms with Gasteiger partial charge < -0.3 is 34.3 Å². The molecule has 0 aromatic heterocycles. The van der Waals surface area contributed by atoms with Gasteiger partial charge in [0.25, 0.3) is 0 Å². The number of Topliss-reactive ketones (excluding diaryl/α,β-unsaturated/α-hetero) is 1. The summed E-state index contributed by atoms with van der Waals surface area (Å²) >= 11 is 0. The zero-order chi connectivity index (χ0) is 31.3. The molecular weight excluding hydrogens is 560 g/mol. The van der Waals surface area contributed by atoms with Gasteiger partial charge in [0.2, 0.25) is 0 Å². The van der Waals surface area contributed by atoms with E-state index in [1.54, 1.807) is 6.92 Å². The maximum absolute atomic E-state index is 14.2. The smallest absolute Gasteiger partial charge is 0.343 e. The minimum atomic E-state index is -1.96. The summed E-state index contributed by atoms with van der Waals surface area (Å²) in [5.74, 6) is -5.98. The third-order valence-corrected chi connectivity index (χ3v) is 13.5. The number of ether oxygens (including phenoxy) is 4. The average molecular weight is 603 g/mol. The molecule has 4 saturated carbocycles. The van der Waals surface area contributed by atoms with Crippen LogP contribution in [0.4, 0.5) is 0 Å². The van der Waals surface area contributed by atoms with E-state index in [0.29, 0.717) is 12.2 Å². The highest BCUT2D eigenvalue weighted by Crippen LogP contribution is 2.75. The second-order valence-electron chi connectivity index (χ2n) is 15.2. The Hall–Kier alpha value is -2.34. The van der Waals surface area contributed by atoms with Crippen molar-refractivity contribution in [1.82, 2.24) is 0 Å². The van der Waals surface area contributed by atoms with Gasteiger partial charge in [-0.3, -0.25) is 14.4 Å². The Balaban J connectivity index is 1.43. The summed E-state index contributed by atoms with van der Waals surface area (Å²) in [5.41, 5.74) is -5.23. The Labute approximate surface area is 250 Å². The Morgan fingerprint density at radius 1 is 0.953 bits per heavy atom.